The van der Waals surface area contributed by atoms with Gasteiger partial charge in [0, 0.05) is 82.7 Å². The number of carboxylic acids is 8. The van der Waals surface area contributed by atoms with Crippen LogP contribution in [0, 0.1) is 29.6 Å². The zero-order valence-corrected chi connectivity index (χ0v) is 51.8. The number of anilines is 4. The molecule has 0 aromatic heterocycles. The van der Waals surface area contributed by atoms with E-state index in [2.05, 4.69) is 29.0 Å². The minimum Gasteiger partial charge on any atom is -0.508 e. The van der Waals surface area contributed by atoms with Crippen LogP contribution in [0.5, 0.6) is 11.5 Å². The second kappa shape index (κ2) is 42.5. The summed E-state index contributed by atoms with van der Waals surface area (Å²) in [7, 11) is 0. The average molecular weight is 1360 g/mol. The highest BCUT2D eigenvalue weighted by molar-refractivity contribution is 6.03. The van der Waals surface area contributed by atoms with E-state index in [0.717, 1.165) is 41.8 Å². The number of phenolic OH excluding ortho intramolecular Hbond substituents is 2. The van der Waals surface area contributed by atoms with Crippen LogP contribution < -0.4 is 79.5 Å². The first-order chi connectivity index (χ1) is 46.0. The molecule has 2 atom stereocenters. The Balaban J connectivity index is 0.000000580. The second-order valence-corrected chi connectivity index (χ2v) is 20.0. The number of aliphatic carboxylic acids is 2. The summed E-state index contributed by atoms with van der Waals surface area (Å²) in [4.78, 5) is 119. The van der Waals surface area contributed by atoms with Crippen molar-refractivity contribution < 1.29 is 104 Å². The Morgan fingerprint density at radius 2 is 0.755 bits per heavy atom. The summed E-state index contributed by atoms with van der Waals surface area (Å²) in [6.07, 6.45) is 1.31. The highest BCUT2D eigenvalue weighted by Gasteiger charge is 2.29. The van der Waals surface area contributed by atoms with E-state index in [4.69, 9.17) is 114 Å². The highest BCUT2D eigenvalue weighted by atomic mass is 16.4. The summed E-state index contributed by atoms with van der Waals surface area (Å²) in [6.45, 7) is 1.10. The van der Waals surface area contributed by atoms with Crippen LogP contribution in [0.25, 0.3) is 0 Å². The van der Waals surface area contributed by atoms with Crippen molar-refractivity contribution in [1.29, 1.82) is 0 Å². The first-order valence-corrected chi connectivity index (χ1v) is 28.0. The fraction of sp³-hybridized carbons (Fsp3) is 0.190. The van der Waals surface area contributed by atoms with E-state index in [1.54, 1.807) is 18.2 Å². The maximum Gasteiger partial charge on any atom is 0.335 e. The van der Waals surface area contributed by atoms with E-state index in [1.807, 2.05) is 16.9 Å². The van der Waals surface area contributed by atoms with E-state index >= 15 is 0 Å². The number of carbonyl (C=O) groups is 11. The van der Waals surface area contributed by atoms with Gasteiger partial charge in [0.05, 0.1) is 58.8 Å². The fourth-order valence-corrected chi connectivity index (χ4v) is 7.92. The maximum atomic E-state index is 11.6. The van der Waals surface area contributed by atoms with Crippen LogP contribution in [0.4, 0.5) is 22.7 Å². The third kappa shape index (κ3) is 32.2. The van der Waals surface area contributed by atoms with Gasteiger partial charge in [-0.2, -0.15) is 0 Å². The number of hydrogen-bond acceptors (Lipinski definition) is 24. The van der Waals surface area contributed by atoms with Gasteiger partial charge in [0.15, 0.2) is 0 Å². The second-order valence-electron chi connectivity index (χ2n) is 20.0. The molecule has 35 heteroatoms. The number of carboxylic acid groups (broad SMARTS) is 8. The zero-order chi connectivity index (χ0) is 74.5. The normalized spacial score (nSPS) is 12.7. The number of nitrogen functional groups attached to an aromatic ring is 5. The number of amides is 3. The molecule has 1 aliphatic rings. The number of carbonyl (C=O) groups excluding carboxylic acids is 3. The van der Waals surface area contributed by atoms with Gasteiger partial charge in [-0.3, -0.25) is 34.8 Å². The van der Waals surface area contributed by atoms with Crippen molar-refractivity contribution in [2.45, 2.75) is 57.3 Å². The lowest BCUT2D eigenvalue weighted by Crippen LogP contribution is -2.41. The van der Waals surface area contributed by atoms with Crippen LogP contribution in [-0.2, 0) is 27.5 Å². The van der Waals surface area contributed by atoms with E-state index in [9.17, 15) is 52.7 Å². The molecule has 0 aliphatic heterocycles. The van der Waals surface area contributed by atoms with Crippen molar-refractivity contribution >= 4 is 88.2 Å². The third-order valence-corrected chi connectivity index (χ3v) is 12.1. The lowest BCUT2D eigenvalue weighted by molar-refractivity contribution is -0.143. The number of hydrazine groups is 2. The largest absolute Gasteiger partial charge is 0.508 e. The Hall–Kier alpha value is -12.7. The first kappa shape index (κ1) is 83.3. The van der Waals surface area contributed by atoms with Gasteiger partial charge in [-0.05, 0) is 127 Å². The summed E-state index contributed by atoms with van der Waals surface area (Å²) in [5, 5.41) is 89.0. The van der Waals surface area contributed by atoms with E-state index in [1.165, 1.54) is 60.7 Å². The number of aromatic hydroxyl groups is 2. The van der Waals surface area contributed by atoms with Gasteiger partial charge in [0.1, 0.15) is 11.5 Å². The van der Waals surface area contributed by atoms with Gasteiger partial charge in [-0.25, -0.2) is 40.5 Å². The molecule has 0 spiro atoms. The summed E-state index contributed by atoms with van der Waals surface area (Å²) < 4.78 is 0. The molecule has 35 nitrogen and oxygen atoms in total. The number of rotatable bonds is 15. The number of hydrogen-bond donors (Lipinski definition) is 24. The highest BCUT2D eigenvalue weighted by Crippen LogP contribution is 2.23. The quantitative estimate of drug-likeness (QED) is 0.0219. The molecule has 1 saturated carbocycles. The molecular weight excluding hydrogens is 1290 g/mol. The van der Waals surface area contributed by atoms with Crippen LogP contribution in [0.2, 0.25) is 0 Å². The molecule has 1 fully saturated rings. The number of benzene rings is 6. The molecule has 0 radical (unpaired) electrons. The van der Waals surface area contributed by atoms with Gasteiger partial charge in [-0.1, -0.05) is 29.7 Å². The van der Waals surface area contributed by atoms with E-state index in [-0.39, 0.29) is 111 Å². The van der Waals surface area contributed by atoms with E-state index in [0.29, 0.717) is 48.4 Å². The zero-order valence-electron chi connectivity index (χ0n) is 51.8. The smallest absolute Gasteiger partial charge is 0.335 e. The summed E-state index contributed by atoms with van der Waals surface area (Å²) in [5.74, 6) is 9.69. The van der Waals surface area contributed by atoms with Gasteiger partial charge in [0.2, 0.25) is 5.91 Å². The Morgan fingerprint density at radius 1 is 0.408 bits per heavy atom. The standard InChI is InChI=1S/C13H12N2O2.C12H15N5O5.C9H12N2O2.C8H7NO4.C7H14N2O2.C7H8N2O2.C7H6O4/c14-5-1-3-10-7-11(4-2-6-15)9-12(8-10)13(16)17;13-16-11(21)6-3-7(12(22)17-14)5-8(4-6)15-9(18)1-2-10(19)20;10-4-6-1-7(5-11)3-8(2-6)9(12)13;9-6-2-4(7(10)11)1-5(3-6)8(12)13;3*8-5-1-4(7(10)11)2-6(9)3-5/h7-9H,5-6,14-15H2,(H,16,17);3-5H,1-2,13-14H2,(H,15,18)(H,16,21)(H,17,22)(H,19,20);1-3H,4-5,10-11H2,(H,12,13);1-3H,9H2,(H,10,11)(H,12,13);4-6H,1-3,8-9H2,(H,10,11);1-3H,8-9H2,(H,10,11);1-3,8-9H,(H,10,11). The van der Waals surface area contributed by atoms with Crippen LogP contribution in [0.1, 0.15) is 137 Å². The minimum absolute atomic E-state index is 0.0251. The van der Waals surface area contributed by atoms with Crippen LogP contribution in [-0.4, -0.2) is 142 Å². The van der Waals surface area contributed by atoms with Crippen molar-refractivity contribution in [3.8, 4) is 35.2 Å². The molecule has 98 heavy (non-hydrogen) atoms. The SMILES string of the molecule is NC1CC(N)CC(C(=O)O)C1.NCC#Cc1cc(C#CCN)cc(C(=O)O)c1.NCc1cc(CN)cc(C(=O)O)c1.NNC(=O)c1cc(NC(=O)CCC(=O)O)cc(C(=O)NN)c1.Nc1cc(C(=O)O)cc(C(=O)O)c1.Nc1cc(N)cc(C(=O)O)c1.O=C(O)c1cc(O)cc(O)c1. The molecule has 7 rings (SSSR count). The first-order valence-electron chi connectivity index (χ1n) is 28.0. The van der Waals surface area contributed by atoms with Crippen LogP contribution in [0.15, 0.2) is 109 Å². The Bertz CT molecular complexity index is 3750. The Morgan fingerprint density at radius 3 is 1.10 bits per heavy atom. The molecule has 3 amide bonds. The predicted octanol–water partition coefficient (Wildman–Crippen LogP) is 0.540. The molecule has 0 saturated heterocycles. The van der Waals surface area contributed by atoms with Crippen molar-refractivity contribution in [1.82, 2.24) is 10.9 Å². The number of nitrogens with two attached hydrogens (primary N) is 11. The predicted molar refractivity (Wildman–Crippen MR) is 354 cm³/mol. The Labute approximate surface area is 557 Å². The van der Waals surface area contributed by atoms with Gasteiger partial charge in [-0.15, -0.1) is 0 Å². The summed E-state index contributed by atoms with van der Waals surface area (Å²) in [5.41, 5.74) is 56.2. The number of nitrogens with one attached hydrogen (secondary N) is 3. The summed E-state index contributed by atoms with van der Waals surface area (Å²) in [6, 6.07) is 24.2. The van der Waals surface area contributed by atoms with Crippen LogP contribution in [0.3, 0.4) is 0 Å². The lowest BCUT2D eigenvalue weighted by Gasteiger charge is -2.28. The lowest BCUT2D eigenvalue weighted by atomic mass is 9.83. The van der Waals surface area contributed by atoms with E-state index < -0.39 is 65.5 Å². The monoisotopic (exact) mass is 1360 g/mol. The van der Waals surface area contributed by atoms with Gasteiger partial charge in [0.25, 0.3) is 11.8 Å². The van der Waals surface area contributed by atoms with Crippen molar-refractivity contribution in [2.24, 2.45) is 52.0 Å². The van der Waals surface area contributed by atoms with Gasteiger partial charge < -0.3 is 108 Å². The molecule has 35 N–H and O–H groups in total. The number of phenols is 2. The Kier molecular flexibility index (Phi) is 36.1. The third-order valence-electron chi connectivity index (χ3n) is 12.1. The van der Waals surface area contributed by atoms with Crippen molar-refractivity contribution in [2.75, 3.05) is 35.6 Å². The maximum absolute atomic E-state index is 11.6. The molecule has 2 unspecified atom stereocenters. The molecule has 0 heterocycles. The molecule has 1 aliphatic carbocycles. The van der Waals surface area contributed by atoms with Crippen molar-refractivity contribution in [3.05, 3.63) is 176 Å². The topological polar surface area (TPSA) is 712 Å². The van der Waals surface area contributed by atoms with Crippen LogP contribution >= 0.6 is 0 Å². The van der Waals surface area contributed by atoms with Crippen molar-refractivity contribution in [3.63, 3.8) is 0 Å². The molecule has 522 valence electrons. The summed E-state index contributed by atoms with van der Waals surface area (Å²) >= 11 is 0. The van der Waals surface area contributed by atoms with Gasteiger partial charge >= 0.3 is 47.8 Å². The molecule has 6 aromatic carbocycles. The molecule has 0 bridgehead atoms. The fourth-order valence-electron chi connectivity index (χ4n) is 7.92. The molecular formula is C63H74N14O21. The molecule has 6 aromatic rings. The number of aromatic carboxylic acids is 6. The average Bonchev–Trinajstić information content (AvgIpc) is 0.875. The minimum atomic E-state index is -1.20.